The van der Waals surface area contributed by atoms with Gasteiger partial charge in [0.2, 0.25) is 0 Å². The van der Waals surface area contributed by atoms with Gasteiger partial charge in [0, 0.05) is 17.5 Å². The highest BCUT2D eigenvalue weighted by Crippen LogP contribution is 2.43. The van der Waals surface area contributed by atoms with Crippen LogP contribution in [-0.2, 0) is 4.79 Å². The van der Waals surface area contributed by atoms with Crippen LogP contribution in [0.15, 0.2) is 0 Å². The minimum Gasteiger partial charge on any atom is -0.328 e. The summed E-state index contributed by atoms with van der Waals surface area (Å²) in [4.78, 5) is 11.7. The SMILES string of the molecule is CC(C=O)(CC1CCC(N)CC1)C1CCC(N)CC1. The van der Waals surface area contributed by atoms with Crippen molar-refractivity contribution in [3.05, 3.63) is 0 Å². The van der Waals surface area contributed by atoms with Crippen LogP contribution < -0.4 is 11.5 Å². The van der Waals surface area contributed by atoms with E-state index in [1.165, 1.54) is 19.1 Å². The molecule has 0 bridgehead atoms. The summed E-state index contributed by atoms with van der Waals surface area (Å²) in [7, 11) is 0. The van der Waals surface area contributed by atoms with E-state index in [-0.39, 0.29) is 5.41 Å². The van der Waals surface area contributed by atoms with E-state index < -0.39 is 0 Å². The van der Waals surface area contributed by atoms with Crippen LogP contribution in [0.25, 0.3) is 0 Å². The van der Waals surface area contributed by atoms with Crippen molar-refractivity contribution in [1.29, 1.82) is 0 Å². The van der Waals surface area contributed by atoms with E-state index in [2.05, 4.69) is 6.92 Å². The van der Waals surface area contributed by atoms with Gasteiger partial charge < -0.3 is 16.3 Å². The van der Waals surface area contributed by atoms with E-state index >= 15 is 0 Å². The summed E-state index contributed by atoms with van der Waals surface area (Å²) >= 11 is 0. The number of carbonyl (C=O) groups is 1. The molecule has 2 rings (SSSR count). The summed E-state index contributed by atoms with van der Waals surface area (Å²) in [6.07, 6.45) is 11.4. The summed E-state index contributed by atoms with van der Waals surface area (Å²) in [6.45, 7) is 2.18. The maximum Gasteiger partial charge on any atom is 0.126 e. The van der Waals surface area contributed by atoms with Crippen molar-refractivity contribution in [1.82, 2.24) is 0 Å². The van der Waals surface area contributed by atoms with Crippen LogP contribution in [0.5, 0.6) is 0 Å². The molecule has 0 amide bonds. The Labute approximate surface area is 117 Å². The molecular weight excluding hydrogens is 236 g/mol. The molecule has 0 radical (unpaired) electrons. The Bertz CT molecular complexity index is 291. The third kappa shape index (κ3) is 3.79. The molecule has 0 heterocycles. The number of rotatable bonds is 4. The summed E-state index contributed by atoms with van der Waals surface area (Å²) < 4.78 is 0. The fourth-order valence-electron chi connectivity index (χ4n) is 4.10. The zero-order valence-electron chi connectivity index (χ0n) is 12.3. The average Bonchev–Trinajstić information content (AvgIpc) is 2.42. The van der Waals surface area contributed by atoms with Crippen molar-refractivity contribution in [3.8, 4) is 0 Å². The third-order valence-electron chi connectivity index (χ3n) is 5.59. The maximum absolute atomic E-state index is 11.7. The van der Waals surface area contributed by atoms with E-state index in [4.69, 9.17) is 11.5 Å². The first-order valence-electron chi connectivity index (χ1n) is 8.01. The molecule has 2 saturated carbocycles. The molecule has 0 aromatic rings. The summed E-state index contributed by atoms with van der Waals surface area (Å²) in [5, 5.41) is 0. The van der Waals surface area contributed by atoms with Crippen molar-refractivity contribution >= 4 is 6.29 Å². The van der Waals surface area contributed by atoms with E-state index in [9.17, 15) is 4.79 Å². The van der Waals surface area contributed by atoms with Crippen molar-refractivity contribution in [2.45, 2.75) is 76.8 Å². The molecule has 2 fully saturated rings. The Morgan fingerprint density at radius 2 is 1.42 bits per heavy atom. The van der Waals surface area contributed by atoms with Gasteiger partial charge in [0.05, 0.1) is 0 Å². The Kier molecular flexibility index (Phi) is 5.02. The van der Waals surface area contributed by atoms with Crippen molar-refractivity contribution in [2.24, 2.45) is 28.7 Å². The van der Waals surface area contributed by atoms with Gasteiger partial charge in [-0.05, 0) is 69.6 Å². The predicted octanol–water partition coefficient (Wildman–Crippen LogP) is 2.62. The molecule has 1 atom stereocenters. The Hall–Kier alpha value is -0.410. The van der Waals surface area contributed by atoms with Crippen LogP contribution in [0.1, 0.15) is 64.7 Å². The lowest BCUT2D eigenvalue weighted by Crippen LogP contribution is -2.38. The number of nitrogens with two attached hydrogens (primary N) is 2. The average molecular weight is 266 g/mol. The van der Waals surface area contributed by atoms with Crippen LogP contribution in [0.3, 0.4) is 0 Å². The number of carbonyl (C=O) groups excluding carboxylic acids is 1. The first-order chi connectivity index (χ1) is 9.03. The minimum atomic E-state index is -0.133. The lowest BCUT2D eigenvalue weighted by atomic mass is 9.64. The van der Waals surface area contributed by atoms with Crippen molar-refractivity contribution in [2.75, 3.05) is 0 Å². The van der Waals surface area contributed by atoms with Crippen LogP contribution in [0.4, 0.5) is 0 Å². The summed E-state index contributed by atoms with van der Waals surface area (Å²) in [5.41, 5.74) is 11.8. The first kappa shape index (κ1) is 15.0. The second-order valence-corrected chi connectivity index (χ2v) is 7.22. The van der Waals surface area contributed by atoms with E-state index in [1.54, 1.807) is 0 Å². The molecule has 19 heavy (non-hydrogen) atoms. The molecule has 1 unspecified atom stereocenters. The van der Waals surface area contributed by atoms with Gasteiger partial charge in [0.25, 0.3) is 0 Å². The predicted molar refractivity (Wildman–Crippen MR) is 78.7 cm³/mol. The zero-order valence-corrected chi connectivity index (χ0v) is 12.3. The molecule has 2 aliphatic rings. The molecule has 0 aromatic carbocycles. The summed E-state index contributed by atoms with van der Waals surface area (Å²) in [6, 6.07) is 0.756. The Balaban J connectivity index is 1.92. The normalized spacial score (nSPS) is 39.5. The maximum atomic E-state index is 11.7. The third-order valence-corrected chi connectivity index (χ3v) is 5.59. The molecule has 2 aliphatic carbocycles. The molecule has 4 N–H and O–H groups in total. The molecule has 110 valence electrons. The summed E-state index contributed by atoms with van der Waals surface area (Å²) in [5.74, 6) is 1.24. The Morgan fingerprint density at radius 3 is 1.89 bits per heavy atom. The van der Waals surface area contributed by atoms with Crippen LogP contribution in [0, 0.1) is 17.3 Å². The van der Waals surface area contributed by atoms with Gasteiger partial charge in [-0.3, -0.25) is 0 Å². The van der Waals surface area contributed by atoms with Crippen LogP contribution >= 0.6 is 0 Å². The van der Waals surface area contributed by atoms with E-state index in [0.717, 1.165) is 44.9 Å². The molecule has 3 heteroatoms. The number of hydrogen-bond donors (Lipinski definition) is 2. The topological polar surface area (TPSA) is 69.1 Å². The van der Waals surface area contributed by atoms with E-state index in [0.29, 0.717) is 23.9 Å². The standard InChI is InChI=1S/C16H30N2O/c1-16(11-19,13-4-8-15(18)9-5-13)10-12-2-6-14(17)7-3-12/h11-15H,2-10,17-18H2,1H3. The first-order valence-corrected chi connectivity index (χ1v) is 8.01. The fraction of sp³-hybridized carbons (Fsp3) is 0.938. The fourth-order valence-corrected chi connectivity index (χ4v) is 4.10. The second kappa shape index (κ2) is 6.36. The number of hydrogen-bond acceptors (Lipinski definition) is 3. The van der Waals surface area contributed by atoms with Crippen molar-refractivity contribution in [3.63, 3.8) is 0 Å². The van der Waals surface area contributed by atoms with Crippen molar-refractivity contribution < 1.29 is 4.79 Å². The van der Waals surface area contributed by atoms with Gasteiger partial charge in [-0.25, -0.2) is 0 Å². The van der Waals surface area contributed by atoms with E-state index in [1.807, 2.05) is 0 Å². The molecule has 3 nitrogen and oxygen atoms in total. The number of aldehydes is 1. The molecule has 0 aromatic heterocycles. The second-order valence-electron chi connectivity index (χ2n) is 7.22. The quantitative estimate of drug-likeness (QED) is 0.768. The highest BCUT2D eigenvalue weighted by atomic mass is 16.1. The Morgan fingerprint density at radius 1 is 0.947 bits per heavy atom. The van der Waals surface area contributed by atoms with Gasteiger partial charge >= 0.3 is 0 Å². The minimum absolute atomic E-state index is 0.133. The molecular formula is C16H30N2O. The monoisotopic (exact) mass is 266 g/mol. The van der Waals surface area contributed by atoms with Gasteiger partial charge in [-0.15, -0.1) is 0 Å². The largest absolute Gasteiger partial charge is 0.328 e. The zero-order chi connectivity index (χ0) is 13.9. The lowest BCUT2D eigenvalue weighted by Gasteiger charge is -2.40. The molecule has 0 aliphatic heterocycles. The molecule has 0 spiro atoms. The highest BCUT2D eigenvalue weighted by Gasteiger charge is 2.38. The van der Waals surface area contributed by atoms with Gasteiger partial charge in [-0.2, -0.15) is 0 Å². The van der Waals surface area contributed by atoms with Gasteiger partial charge in [0.15, 0.2) is 0 Å². The van der Waals surface area contributed by atoms with Crippen LogP contribution in [-0.4, -0.2) is 18.4 Å². The van der Waals surface area contributed by atoms with Gasteiger partial charge in [-0.1, -0.05) is 6.92 Å². The van der Waals surface area contributed by atoms with Crippen LogP contribution in [0.2, 0.25) is 0 Å². The smallest absolute Gasteiger partial charge is 0.126 e. The van der Waals surface area contributed by atoms with Gasteiger partial charge in [0.1, 0.15) is 6.29 Å². The molecule has 0 saturated heterocycles. The lowest BCUT2D eigenvalue weighted by molar-refractivity contribution is -0.120. The highest BCUT2D eigenvalue weighted by molar-refractivity contribution is 5.59.